The van der Waals surface area contributed by atoms with Crippen LogP contribution < -0.4 is 10.1 Å². The lowest BCUT2D eigenvalue weighted by Crippen LogP contribution is -2.30. The summed E-state index contributed by atoms with van der Waals surface area (Å²) in [5.74, 6) is 0.520. The summed E-state index contributed by atoms with van der Waals surface area (Å²) in [6.45, 7) is 2.76. The standard InChI is InChI=1S/C13H19N3O3/c1-18-13(17)11-8-15-9-12(16-11)19-6-4-10-3-2-5-14-7-10/h8-10,14H,2-7H2,1H3. The molecule has 0 bridgehead atoms. The van der Waals surface area contributed by atoms with Crippen LogP contribution in [0.2, 0.25) is 0 Å². The third-order valence-corrected chi connectivity index (χ3v) is 3.18. The first-order valence-corrected chi connectivity index (χ1v) is 6.53. The summed E-state index contributed by atoms with van der Waals surface area (Å²) < 4.78 is 10.1. The van der Waals surface area contributed by atoms with E-state index in [0.29, 0.717) is 18.4 Å². The van der Waals surface area contributed by atoms with Gasteiger partial charge in [-0.3, -0.25) is 4.98 Å². The van der Waals surface area contributed by atoms with Crippen molar-refractivity contribution in [3.63, 3.8) is 0 Å². The van der Waals surface area contributed by atoms with Crippen LogP contribution in [0.5, 0.6) is 5.88 Å². The number of nitrogens with one attached hydrogen (secondary N) is 1. The third-order valence-electron chi connectivity index (χ3n) is 3.18. The SMILES string of the molecule is COC(=O)c1cncc(OCCC2CCCNC2)n1. The zero-order chi connectivity index (χ0) is 13.5. The Labute approximate surface area is 112 Å². The van der Waals surface area contributed by atoms with Gasteiger partial charge in [-0.2, -0.15) is 0 Å². The van der Waals surface area contributed by atoms with Crippen LogP contribution >= 0.6 is 0 Å². The number of esters is 1. The van der Waals surface area contributed by atoms with E-state index in [1.165, 1.54) is 32.3 Å². The molecule has 0 radical (unpaired) electrons. The molecule has 6 nitrogen and oxygen atoms in total. The molecule has 1 aliphatic rings. The normalized spacial score (nSPS) is 18.9. The van der Waals surface area contributed by atoms with Crippen molar-refractivity contribution in [3.8, 4) is 5.88 Å². The summed E-state index contributed by atoms with van der Waals surface area (Å²) in [4.78, 5) is 19.3. The highest BCUT2D eigenvalue weighted by Gasteiger charge is 2.13. The van der Waals surface area contributed by atoms with Gasteiger partial charge < -0.3 is 14.8 Å². The van der Waals surface area contributed by atoms with Crippen LogP contribution in [0.15, 0.2) is 12.4 Å². The first-order chi connectivity index (χ1) is 9.29. The summed E-state index contributed by atoms with van der Waals surface area (Å²) in [6, 6.07) is 0. The summed E-state index contributed by atoms with van der Waals surface area (Å²) in [6.07, 6.45) is 6.32. The Morgan fingerprint density at radius 1 is 1.53 bits per heavy atom. The first-order valence-electron chi connectivity index (χ1n) is 6.53. The minimum atomic E-state index is -0.505. The van der Waals surface area contributed by atoms with Crippen molar-refractivity contribution < 1.29 is 14.3 Å². The Balaban J connectivity index is 1.80. The number of ether oxygens (including phenoxy) is 2. The summed E-state index contributed by atoms with van der Waals surface area (Å²) >= 11 is 0. The molecule has 0 saturated carbocycles. The number of carbonyl (C=O) groups excluding carboxylic acids is 1. The van der Waals surface area contributed by atoms with Crippen molar-refractivity contribution in [1.29, 1.82) is 0 Å². The minimum Gasteiger partial charge on any atom is -0.477 e. The molecule has 2 heterocycles. The average molecular weight is 265 g/mol. The second-order valence-electron chi connectivity index (χ2n) is 4.58. The van der Waals surface area contributed by atoms with Crippen molar-refractivity contribution in [2.45, 2.75) is 19.3 Å². The molecular formula is C13H19N3O3. The topological polar surface area (TPSA) is 73.3 Å². The number of methoxy groups -OCH3 is 1. The Morgan fingerprint density at radius 2 is 2.42 bits per heavy atom. The molecule has 1 saturated heterocycles. The molecule has 1 fully saturated rings. The predicted octanol–water partition coefficient (Wildman–Crippen LogP) is 1.03. The molecule has 1 aliphatic heterocycles. The molecule has 1 atom stereocenters. The van der Waals surface area contributed by atoms with Gasteiger partial charge in [-0.25, -0.2) is 9.78 Å². The van der Waals surface area contributed by atoms with E-state index in [2.05, 4.69) is 20.0 Å². The largest absolute Gasteiger partial charge is 0.477 e. The Kier molecular flexibility index (Phi) is 5.09. The number of carbonyl (C=O) groups is 1. The number of hydrogen-bond donors (Lipinski definition) is 1. The maximum atomic E-state index is 11.3. The molecule has 0 aliphatic carbocycles. The molecule has 104 valence electrons. The predicted molar refractivity (Wildman–Crippen MR) is 69.1 cm³/mol. The van der Waals surface area contributed by atoms with E-state index in [-0.39, 0.29) is 5.69 Å². The van der Waals surface area contributed by atoms with E-state index in [4.69, 9.17) is 4.74 Å². The molecule has 19 heavy (non-hydrogen) atoms. The average Bonchev–Trinajstić information content (AvgIpc) is 2.48. The van der Waals surface area contributed by atoms with Gasteiger partial charge in [0, 0.05) is 0 Å². The molecule has 0 amide bonds. The smallest absolute Gasteiger partial charge is 0.358 e. The molecular weight excluding hydrogens is 246 g/mol. The summed E-state index contributed by atoms with van der Waals surface area (Å²) in [5.41, 5.74) is 0.166. The third kappa shape index (κ3) is 4.17. The van der Waals surface area contributed by atoms with Crippen LogP contribution in [0, 0.1) is 5.92 Å². The maximum Gasteiger partial charge on any atom is 0.358 e. The van der Waals surface area contributed by atoms with Crippen molar-refractivity contribution in [2.75, 3.05) is 26.8 Å². The van der Waals surface area contributed by atoms with Crippen LogP contribution in [0.25, 0.3) is 0 Å². The summed E-state index contributed by atoms with van der Waals surface area (Å²) in [5, 5.41) is 3.37. The first kappa shape index (κ1) is 13.7. The highest BCUT2D eigenvalue weighted by molar-refractivity contribution is 5.86. The van der Waals surface area contributed by atoms with Gasteiger partial charge in [0.2, 0.25) is 5.88 Å². The van der Waals surface area contributed by atoms with Crippen molar-refractivity contribution in [2.24, 2.45) is 5.92 Å². The van der Waals surface area contributed by atoms with Gasteiger partial charge in [-0.1, -0.05) is 0 Å². The fourth-order valence-electron chi connectivity index (χ4n) is 2.12. The van der Waals surface area contributed by atoms with E-state index < -0.39 is 5.97 Å². The van der Waals surface area contributed by atoms with Gasteiger partial charge in [0.25, 0.3) is 0 Å². The van der Waals surface area contributed by atoms with Crippen LogP contribution in [0.1, 0.15) is 29.8 Å². The van der Waals surface area contributed by atoms with Gasteiger partial charge in [0.05, 0.1) is 26.1 Å². The fourth-order valence-corrected chi connectivity index (χ4v) is 2.12. The Hall–Kier alpha value is -1.69. The molecule has 1 aromatic rings. The van der Waals surface area contributed by atoms with Crippen LogP contribution in [0.3, 0.4) is 0 Å². The monoisotopic (exact) mass is 265 g/mol. The minimum absolute atomic E-state index is 0.166. The van der Waals surface area contributed by atoms with E-state index in [9.17, 15) is 4.79 Å². The maximum absolute atomic E-state index is 11.3. The molecule has 6 heteroatoms. The van der Waals surface area contributed by atoms with Crippen molar-refractivity contribution >= 4 is 5.97 Å². The quantitative estimate of drug-likeness (QED) is 0.802. The van der Waals surface area contributed by atoms with Gasteiger partial charge in [-0.05, 0) is 38.3 Å². The van der Waals surface area contributed by atoms with Crippen LogP contribution in [-0.2, 0) is 4.74 Å². The lowest BCUT2D eigenvalue weighted by molar-refractivity contribution is 0.0592. The lowest BCUT2D eigenvalue weighted by Gasteiger charge is -2.22. The number of aromatic nitrogens is 2. The zero-order valence-electron chi connectivity index (χ0n) is 11.1. The highest BCUT2D eigenvalue weighted by atomic mass is 16.5. The molecule has 2 rings (SSSR count). The molecule has 0 spiro atoms. The second-order valence-corrected chi connectivity index (χ2v) is 4.58. The molecule has 1 aromatic heterocycles. The number of hydrogen-bond acceptors (Lipinski definition) is 6. The van der Waals surface area contributed by atoms with Gasteiger partial charge in [0.1, 0.15) is 0 Å². The van der Waals surface area contributed by atoms with Crippen LogP contribution in [0.4, 0.5) is 0 Å². The Bertz CT molecular complexity index is 419. The lowest BCUT2D eigenvalue weighted by atomic mass is 9.97. The molecule has 0 aromatic carbocycles. The van der Waals surface area contributed by atoms with Gasteiger partial charge >= 0.3 is 5.97 Å². The van der Waals surface area contributed by atoms with Crippen molar-refractivity contribution in [1.82, 2.24) is 15.3 Å². The highest BCUT2D eigenvalue weighted by Crippen LogP contribution is 2.14. The van der Waals surface area contributed by atoms with E-state index in [0.717, 1.165) is 19.5 Å². The van der Waals surface area contributed by atoms with Crippen LogP contribution in [-0.4, -0.2) is 42.7 Å². The Morgan fingerprint density at radius 3 is 3.16 bits per heavy atom. The second kappa shape index (κ2) is 7.04. The number of piperidine rings is 1. The van der Waals surface area contributed by atoms with E-state index in [1.54, 1.807) is 0 Å². The number of nitrogens with zero attached hydrogens (tertiary/aromatic N) is 2. The fraction of sp³-hybridized carbons (Fsp3) is 0.615. The molecule has 1 unspecified atom stereocenters. The van der Waals surface area contributed by atoms with Gasteiger partial charge in [-0.15, -0.1) is 0 Å². The number of rotatable bonds is 5. The van der Waals surface area contributed by atoms with E-state index >= 15 is 0 Å². The summed E-state index contributed by atoms with van der Waals surface area (Å²) in [7, 11) is 1.31. The van der Waals surface area contributed by atoms with E-state index in [1.807, 2.05) is 0 Å². The van der Waals surface area contributed by atoms with Crippen molar-refractivity contribution in [3.05, 3.63) is 18.1 Å². The van der Waals surface area contributed by atoms with Gasteiger partial charge in [0.15, 0.2) is 5.69 Å². The molecule has 1 N–H and O–H groups in total. The zero-order valence-corrected chi connectivity index (χ0v) is 11.1.